The maximum atomic E-state index is 14.2. The Balaban J connectivity index is 0.00000300. The van der Waals surface area contributed by atoms with Crippen LogP contribution in [0, 0.1) is 49.9 Å². The van der Waals surface area contributed by atoms with Crippen LogP contribution in [0.15, 0.2) is 30.3 Å². The first-order valence-electron chi connectivity index (χ1n) is 8.54. The Morgan fingerprint density at radius 3 is 1.97 bits per heavy atom. The Morgan fingerprint density at radius 2 is 1.48 bits per heavy atom. The van der Waals surface area contributed by atoms with Gasteiger partial charge in [-0.1, -0.05) is 6.07 Å². The minimum absolute atomic E-state index is 0. The number of halogens is 1. The Morgan fingerprint density at radius 1 is 0.897 bits per heavy atom. The molecule has 6 nitrogen and oxygen atoms in total. The largest absolute Gasteiger partial charge is 0.494 e. The molecule has 29 heavy (non-hydrogen) atoms. The molecule has 2 aromatic carbocycles. The molecular weight excluding hydrogens is 594 g/mol. The van der Waals surface area contributed by atoms with Crippen LogP contribution < -0.4 is 18.9 Å². The van der Waals surface area contributed by atoms with Crippen LogP contribution in [0.25, 0.3) is 11.1 Å². The summed E-state index contributed by atoms with van der Waals surface area (Å²) in [5.74, 6) is 0.240. The fourth-order valence-corrected chi connectivity index (χ4v) is 3.36. The van der Waals surface area contributed by atoms with Crippen molar-refractivity contribution in [1.82, 2.24) is 0 Å². The molecule has 1 aliphatic carbocycles. The molecule has 1 aliphatic rings. The molecule has 0 aliphatic heterocycles. The fraction of sp³-hybridized carbons (Fsp3) is 0.286. The van der Waals surface area contributed by atoms with Gasteiger partial charge in [-0.25, -0.2) is 4.39 Å². The molecule has 0 bridgehead atoms. The van der Waals surface area contributed by atoms with Gasteiger partial charge in [-0.15, -0.1) is 0 Å². The molecule has 0 amide bonds. The van der Waals surface area contributed by atoms with Gasteiger partial charge in [0.05, 0.1) is 28.4 Å². The van der Waals surface area contributed by atoms with Gasteiger partial charge in [0, 0.05) is 56.1 Å². The molecular formula is C21H21AcFO6. The van der Waals surface area contributed by atoms with Crippen LogP contribution >= 0.6 is 0 Å². The molecule has 3 rings (SSSR count). The van der Waals surface area contributed by atoms with E-state index in [0.29, 0.717) is 33.9 Å². The number of rotatable bonds is 6. The van der Waals surface area contributed by atoms with E-state index in [9.17, 15) is 14.3 Å². The summed E-state index contributed by atoms with van der Waals surface area (Å²) in [4.78, 5) is 12.7. The zero-order valence-electron chi connectivity index (χ0n) is 16.6. The SMILES string of the molecule is COc1ccc(C2=C(c3cc(OC)c(OC)c(OC)c3)C(=O)C(O)C2)cc1F.[Ac]. The minimum atomic E-state index is -1.20. The number of Topliss-reactive ketones (excluding diaryl/α,β-unsaturated/α-hetero) is 1. The topological polar surface area (TPSA) is 74.2 Å². The molecule has 8 heteroatoms. The van der Waals surface area contributed by atoms with Gasteiger partial charge in [0.25, 0.3) is 0 Å². The van der Waals surface area contributed by atoms with Crippen LogP contribution in [0.4, 0.5) is 4.39 Å². The molecule has 1 unspecified atom stereocenters. The Hall–Kier alpha value is -1.62. The van der Waals surface area contributed by atoms with Crippen molar-refractivity contribution in [1.29, 1.82) is 0 Å². The summed E-state index contributed by atoms with van der Waals surface area (Å²) in [6.45, 7) is 0. The zero-order valence-corrected chi connectivity index (χ0v) is 21.4. The van der Waals surface area contributed by atoms with E-state index >= 15 is 0 Å². The molecule has 1 atom stereocenters. The molecule has 0 aromatic heterocycles. The van der Waals surface area contributed by atoms with E-state index in [4.69, 9.17) is 18.9 Å². The minimum Gasteiger partial charge on any atom is -0.494 e. The molecule has 1 N–H and O–H groups in total. The van der Waals surface area contributed by atoms with Gasteiger partial charge >= 0.3 is 0 Å². The van der Waals surface area contributed by atoms with E-state index < -0.39 is 17.7 Å². The van der Waals surface area contributed by atoms with E-state index in [1.807, 2.05) is 0 Å². The average molecular weight is 615 g/mol. The second-order valence-electron chi connectivity index (χ2n) is 6.20. The summed E-state index contributed by atoms with van der Waals surface area (Å²) in [5.41, 5.74) is 1.80. The summed E-state index contributed by atoms with van der Waals surface area (Å²) in [6, 6.07) is 7.69. The maximum absolute atomic E-state index is 14.2. The monoisotopic (exact) mass is 615 g/mol. The standard InChI is InChI=1S/C21H21FO6.Ac/c1-25-16-6-5-11(7-14(16)22)13-10-15(23)20(24)19(13)12-8-17(26-2)21(28-4)18(9-12)27-3;/h5-9,15,23H,10H2,1-4H3;. The van der Waals surface area contributed by atoms with Gasteiger partial charge < -0.3 is 24.1 Å². The molecule has 0 spiro atoms. The molecule has 0 fully saturated rings. The molecule has 0 saturated carbocycles. The molecule has 0 saturated heterocycles. The second-order valence-corrected chi connectivity index (χ2v) is 6.20. The van der Waals surface area contributed by atoms with Crippen LogP contribution in [0.1, 0.15) is 17.5 Å². The summed E-state index contributed by atoms with van der Waals surface area (Å²) in [5, 5.41) is 10.2. The number of hydrogen-bond donors (Lipinski definition) is 1. The number of ether oxygens (including phenoxy) is 4. The van der Waals surface area contributed by atoms with Crippen LogP contribution in [0.5, 0.6) is 23.0 Å². The Kier molecular flexibility index (Phi) is 8.10. The number of hydrogen-bond acceptors (Lipinski definition) is 6. The van der Waals surface area contributed by atoms with E-state index in [1.54, 1.807) is 18.2 Å². The van der Waals surface area contributed by atoms with Crippen molar-refractivity contribution >= 4 is 16.9 Å². The number of ketones is 1. The van der Waals surface area contributed by atoms with E-state index in [1.165, 1.54) is 40.6 Å². The van der Waals surface area contributed by atoms with Crippen LogP contribution in [0.2, 0.25) is 0 Å². The quantitative estimate of drug-likeness (QED) is 0.539. The Bertz CT molecular complexity index is 931. The van der Waals surface area contributed by atoms with E-state index in [0.717, 1.165) is 0 Å². The van der Waals surface area contributed by atoms with E-state index in [2.05, 4.69) is 0 Å². The summed E-state index contributed by atoms with van der Waals surface area (Å²) in [7, 11) is 5.80. The van der Waals surface area contributed by atoms with Crippen LogP contribution in [0.3, 0.4) is 0 Å². The van der Waals surface area contributed by atoms with Crippen molar-refractivity contribution in [2.24, 2.45) is 0 Å². The predicted molar refractivity (Wildman–Crippen MR) is 101 cm³/mol. The predicted octanol–water partition coefficient (Wildman–Crippen LogP) is 3.10. The number of aliphatic hydroxyl groups is 1. The van der Waals surface area contributed by atoms with Crippen LogP contribution in [-0.2, 0) is 4.79 Å². The first kappa shape index (κ1) is 23.7. The summed E-state index contributed by atoms with van der Waals surface area (Å²) < 4.78 is 35.2. The van der Waals surface area contributed by atoms with Gasteiger partial charge in [-0.2, -0.15) is 0 Å². The summed E-state index contributed by atoms with van der Waals surface area (Å²) in [6.07, 6.45) is -1.12. The van der Waals surface area contributed by atoms with Crippen LogP contribution in [-0.4, -0.2) is 45.4 Å². The fourth-order valence-electron chi connectivity index (χ4n) is 3.36. The summed E-state index contributed by atoms with van der Waals surface area (Å²) >= 11 is 0. The number of carbonyl (C=O) groups excluding carboxylic acids is 1. The second kappa shape index (κ2) is 9.92. The van der Waals surface area contributed by atoms with Gasteiger partial charge in [0.15, 0.2) is 28.8 Å². The average Bonchev–Trinajstić information content (AvgIpc) is 3.01. The third kappa shape index (κ3) is 4.45. The third-order valence-electron chi connectivity index (χ3n) is 4.70. The van der Waals surface area contributed by atoms with Crippen molar-refractivity contribution in [3.05, 3.63) is 47.3 Å². The van der Waals surface area contributed by atoms with Crippen molar-refractivity contribution in [3.8, 4) is 23.0 Å². The van der Waals surface area contributed by atoms with Crippen molar-refractivity contribution in [2.75, 3.05) is 28.4 Å². The molecule has 2 aromatic rings. The first-order chi connectivity index (χ1) is 13.4. The number of benzene rings is 2. The van der Waals surface area contributed by atoms with E-state index in [-0.39, 0.29) is 61.8 Å². The Labute approximate surface area is 204 Å². The number of aliphatic hydroxyl groups excluding tert-OH is 1. The molecule has 1 radical (unpaired) electrons. The third-order valence-corrected chi connectivity index (χ3v) is 4.70. The molecule has 0 heterocycles. The zero-order chi connectivity index (χ0) is 20.4. The normalized spacial score (nSPS) is 15.8. The molecule has 151 valence electrons. The number of carbonyl (C=O) groups is 1. The first-order valence-corrected chi connectivity index (χ1v) is 8.54. The van der Waals surface area contributed by atoms with Crippen molar-refractivity contribution in [2.45, 2.75) is 12.5 Å². The smallest absolute Gasteiger partial charge is 0.203 e. The maximum Gasteiger partial charge on any atom is 0.203 e. The van der Waals surface area contributed by atoms with Gasteiger partial charge in [0.2, 0.25) is 5.75 Å². The van der Waals surface area contributed by atoms with Crippen molar-refractivity contribution < 1.29 is 77.3 Å². The number of methoxy groups -OCH3 is 4. The van der Waals surface area contributed by atoms with Gasteiger partial charge in [-0.05, 0) is 41.0 Å². The van der Waals surface area contributed by atoms with Gasteiger partial charge in [0.1, 0.15) is 6.10 Å². The van der Waals surface area contributed by atoms with Crippen molar-refractivity contribution in [3.63, 3.8) is 0 Å². The van der Waals surface area contributed by atoms with Gasteiger partial charge in [-0.3, -0.25) is 4.79 Å².